The van der Waals surface area contributed by atoms with E-state index < -0.39 is 23.6 Å². The molecule has 4 aromatic rings. The predicted octanol–water partition coefficient (Wildman–Crippen LogP) is 5.79. The van der Waals surface area contributed by atoms with Crippen molar-refractivity contribution in [3.05, 3.63) is 89.0 Å². The molecular weight excluding hydrogens is 582 g/mol. The average molecular weight is 616 g/mol. The number of aromatic nitrogens is 3. The number of imidazole rings is 1. The van der Waals surface area contributed by atoms with Crippen LogP contribution < -0.4 is 16.9 Å². The summed E-state index contributed by atoms with van der Waals surface area (Å²) in [4.78, 5) is 49.2. The molecule has 1 saturated heterocycles. The largest absolute Gasteiger partial charge is 0.444 e. The fraction of sp³-hybridized carbons (Fsp3) is 0.281. The first kappa shape index (κ1) is 30.6. The smallest absolute Gasteiger partial charge is 0.410 e. The number of benzene rings is 2. The minimum absolute atomic E-state index is 0.00451. The molecule has 5 N–H and O–H groups in total. The number of pyridine rings is 1. The van der Waals surface area contributed by atoms with Gasteiger partial charge in [0.05, 0.1) is 6.04 Å². The summed E-state index contributed by atoms with van der Waals surface area (Å²) in [5, 5.41) is 3.45. The zero-order valence-electron chi connectivity index (χ0n) is 24.7. The molecule has 0 aliphatic carbocycles. The zero-order valence-corrected chi connectivity index (χ0v) is 25.5. The number of anilines is 1. The van der Waals surface area contributed by atoms with Gasteiger partial charge in [-0.05, 0) is 87.6 Å². The Kier molecular flexibility index (Phi) is 8.59. The molecule has 1 atom stereocenters. The molecule has 2 aromatic heterocycles. The molecule has 228 valence electrons. The minimum atomic E-state index is -0.769. The maximum Gasteiger partial charge on any atom is 0.410 e. The minimum Gasteiger partial charge on any atom is -0.444 e. The lowest BCUT2D eigenvalue weighted by Gasteiger charge is -2.36. The summed E-state index contributed by atoms with van der Waals surface area (Å²) in [6.45, 7) is 5.87. The fourth-order valence-electron chi connectivity index (χ4n) is 5.15. The number of nitrogens with one attached hydrogen (secondary N) is 1. The summed E-state index contributed by atoms with van der Waals surface area (Å²) in [5.41, 5.74) is 8.02. The Labute approximate surface area is 260 Å². The Hall–Kier alpha value is -4.90. The Morgan fingerprint density at radius 2 is 1.66 bits per heavy atom. The van der Waals surface area contributed by atoms with Crippen molar-refractivity contribution in [1.82, 2.24) is 19.5 Å². The molecule has 3 heterocycles. The van der Waals surface area contributed by atoms with Crippen LogP contribution in [0.2, 0.25) is 5.02 Å². The molecule has 1 aliphatic heterocycles. The van der Waals surface area contributed by atoms with E-state index in [9.17, 15) is 14.4 Å². The summed E-state index contributed by atoms with van der Waals surface area (Å²) in [5.74, 6) is 5.96. The van der Waals surface area contributed by atoms with E-state index in [0.717, 1.165) is 28.6 Å². The number of hydrogen-bond acceptors (Lipinski definition) is 7. The first-order valence-electron chi connectivity index (χ1n) is 14.2. The van der Waals surface area contributed by atoms with Crippen molar-refractivity contribution >= 4 is 35.3 Å². The molecule has 44 heavy (non-hydrogen) atoms. The summed E-state index contributed by atoms with van der Waals surface area (Å²) >= 11 is 6.00. The zero-order chi connectivity index (χ0) is 31.6. The van der Waals surface area contributed by atoms with E-state index in [-0.39, 0.29) is 17.3 Å². The Balaban J connectivity index is 1.38. The highest BCUT2D eigenvalue weighted by molar-refractivity contribution is 6.30. The van der Waals surface area contributed by atoms with Crippen LogP contribution in [0, 0.1) is 0 Å². The Bertz CT molecular complexity index is 1700. The molecule has 3 amide bonds. The molecule has 0 saturated carbocycles. The van der Waals surface area contributed by atoms with E-state index in [0.29, 0.717) is 40.8 Å². The van der Waals surface area contributed by atoms with Crippen LogP contribution in [0.5, 0.6) is 0 Å². The van der Waals surface area contributed by atoms with Crippen LogP contribution in [-0.4, -0.2) is 49.6 Å². The van der Waals surface area contributed by atoms with Gasteiger partial charge in [0.15, 0.2) is 11.5 Å². The normalized spacial score (nSPS) is 15.1. The second-order valence-corrected chi connectivity index (χ2v) is 12.0. The molecule has 12 heteroatoms. The number of ether oxygens (including phenoxy) is 1. The predicted molar refractivity (Wildman–Crippen MR) is 168 cm³/mol. The van der Waals surface area contributed by atoms with Gasteiger partial charge in [-0.1, -0.05) is 35.9 Å². The number of nitrogens with two attached hydrogens (primary N) is 2. The van der Waals surface area contributed by atoms with Crippen LogP contribution >= 0.6 is 11.6 Å². The fourth-order valence-corrected chi connectivity index (χ4v) is 5.28. The van der Waals surface area contributed by atoms with E-state index >= 15 is 0 Å². The summed E-state index contributed by atoms with van der Waals surface area (Å²) in [6.07, 6.45) is 3.39. The lowest BCUT2D eigenvalue weighted by molar-refractivity contribution is 0.00821. The van der Waals surface area contributed by atoms with Crippen LogP contribution in [0.1, 0.15) is 72.7 Å². The lowest BCUT2D eigenvalue weighted by atomic mass is 10.0. The second kappa shape index (κ2) is 12.4. The van der Waals surface area contributed by atoms with Crippen molar-refractivity contribution < 1.29 is 19.1 Å². The standard InChI is InChI=1S/C32H34ClN7O4/c1-32(2,3)44-31(43)39-17-5-4-6-24(39)29-38-26(27(28(34)41)40(29)35)20-7-9-21(10-8-20)30(42)37-25-18-22(15-16-36-25)19-11-13-23(33)14-12-19/h7-16,18,24H,4-6,17,35H2,1-3H3,(H2,34,41)(H,36,37,42). The van der Waals surface area contributed by atoms with Crippen LogP contribution in [0.25, 0.3) is 22.4 Å². The molecule has 11 nitrogen and oxygen atoms in total. The Morgan fingerprint density at radius 3 is 2.32 bits per heavy atom. The first-order chi connectivity index (χ1) is 20.9. The van der Waals surface area contributed by atoms with Crippen LogP contribution in [0.4, 0.5) is 10.6 Å². The van der Waals surface area contributed by atoms with Gasteiger partial charge in [0.25, 0.3) is 11.8 Å². The van der Waals surface area contributed by atoms with Crippen molar-refractivity contribution in [2.24, 2.45) is 5.73 Å². The number of nitrogens with zero attached hydrogens (tertiary/aromatic N) is 4. The SMILES string of the molecule is CC(C)(C)OC(=O)N1CCCCC1c1nc(-c2ccc(C(=O)Nc3cc(-c4ccc(Cl)cc4)ccn3)cc2)c(C(N)=O)n1N. The number of halogens is 1. The number of likely N-dealkylation sites (tertiary alicyclic amines) is 1. The molecule has 0 radical (unpaired) electrons. The lowest BCUT2D eigenvalue weighted by Crippen LogP contribution is -2.43. The number of rotatable bonds is 6. The maximum atomic E-state index is 13.1. The number of hydrogen-bond donors (Lipinski definition) is 3. The van der Waals surface area contributed by atoms with Crippen LogP contribution in [0.15, 0.2) is 66.9 Å². The summed E-state index contributed by atoms with van der Waals surface area (Å²) < 4.78 is 6.78. The van der Waals surface area contributed by atoms with Gasteiger partial charge in [0.2, 0.25) is 0 Å². The Morgan fingerprint density at radius 1 is 0.977 bits per heavy atom. The third kappa shape index (κ3) is 6.68. The topological polar surface area (TPSA) is 158 Å². The molecule has 1 aliphatic rings. The summed E-state index contributed by atoms with van der Waals surface area (Å²) in [7, 11) is 0. The molecule has 1 unspecified atom stereocenters. The second-order valence-electron chi connectivity index (χ2n) is 11.6. The quantitative estimate of drug-likeness (QED) is 0.231. The van der Waals surface area contributed by atoms with E-state index in [4.69, 9.17) is 32.9 Å². The van der Waals surface area contributed by atoms with Crippen molar-refractivity contribution in [3.63, 3.8) is 0 Å². The van der Waals surface area contributed by atoms with Crippen molar-refractivity contribution in [1.29, 1.82) is 0 Å². The van der Waals surface area contributed by atoms with Crippen molar-refractivity contribution in [3.8, 4) is 22.4 Å². The van der Waals surface area contributed by atoms with E-state index in [2.05, 4.69) is 10.3 Å². The third-order valence-corrected chi connectivity index (χ3v) is 7.45. The molecule has 5 rings (SSSR count). The van der Waals surface area contributed by atoms with Gasteiger partial charge in [0, 0.05) is 28.9 Å². The number of piperidine rings is 1. The number of carbonyl (C=O) groups is 3. The highest BCUT2D eigenvalue weighted by Gasteiger charge is 2.36. The number of carbonyl (C=O) groups excluding carboxylic acids is 3. The van der Waals surface area contributed by atoms with Gasteiger partial charge in [0.1, 0.15) is 17.1 Å². The number of primary amides is 1. The van der Waals surface area contributed by atoms with Crippen LogP contribution in [-0.2, 0) is 4.74 Å². The van der Waals surface area contributed by atoms with Gasteiger partial charge in [-0.2, -0.15) is 0 Å². The molecule has 1 fully saturated rings. The highest BCUT2D eigenvalue weighted by Crippen LogP contribution is 2.34. The van der Waals surface area contributed by atoms with Gasteiger partial charge < -0.3 is 21.6 Å². The molecular formula is C32H34ClN7O4. The van der Waals surface area contributed by atoms with Gasteiger partial charge >= 0.3 is 6.09 Å². The van der Waals surface area contributed by atoms with Gasteiger partial charge in [-0.15, -0.1) is 0 Å². The maximum absolute atomic E-state index is 13.1. The molecule has 0 bridgehead atoms. The van der Waals surface area contributed by atoms with Gasteiger partial charge in [-0.25, -0.2) is 19.4 Å². The first-order valence-corrected chi connectivity index (χ1v) is 14.6. The highest BCUT2D eigenvalue weighted by atomic mass is 35.5. The monoisotopic (exact) mass is 615 g/mol. The number of nitrogen functional groups attached to an aromatic ring is 1. The van der Waals surface area contributed by atoms with Gasteiger partial charge in [-0.3, -0.25) is 14.5 Å². The average Bonchev–Trinajstić information content (AvgIpc) is 3.34. The third-order valence-electron chi connectivity index (χ3n) is 7.20. The molecule has 0 spiro atoms. The number of amides is 3. The van der Waals surface area contributed by atoms with Crippen molar-refractivity contribution in [2.75, 3.05) is 17.7 Å². The van der Waals surface area contributed by atoms with Crippen molar-refractivity contribution in [2.45, 2.75) is 51.7 Å². The molecule has 2 aromatic carbocycles. The van der Waals surface area contributed by atoms with E-state index in [1.807, 2.05) is 18.2 Å². The van der Waals surface area contributed by atoms with Crippen LogP contribution in [0.3, 0.4) is 0 Å². The van der Waals surface area contributed by atoms with E-state index in [1.54, 1.807) is 74.3 Å². The summed E-state index contributed by atoms with van der Waals surface area (Å²) in [6, 6.07) is 17.0. The van der Waals surface area contributed by atoms with E-state index in [1.165, 1.54) is 0 Å².